The third-order valence-corrected chi connectivity index (χ3v) is 10.7. The molecule has 1 saturated heterocycles. The number of rotatable bonds is 5. The zero-order valence-electron chi connectivity index (χ0n) is 19.1. The van der Waals surface area contributed by atoms with E-state index in [-0.39, 0.29) is 17.9 Å². The molecule has 1 fully saturated rings. The van der Waals surface area contributed by atoms with E-state index >= 15 is 0 Å². The van der Waals surface area contributed by atoms with Crippen LogP contribution in [0.3, 0.4) is 0 Å². The minimum absolute atomic E-state index is 0.0915. The van der Waals surface area contributed by atoms with Gasteiger partial charge in [-0.25, -0.2) is 9.67 Å². The molecule has 1 N–H and O–H groups in total. The molecular formula is C23H32N4O3Si. The van der Waals surface area contributed by atoms with E-state index in [0.717, 1.165) is 48.2 Å². The molecule has 4 rings (SSSR count). The van der Waals surface area contributed by atoms with Crippen LogP contribution in [0.1, 0.15) is 52.0 Å². The highest BCUT2D eigenvalue weighted by Gasteiger charge is 2.39. The number of hydrogen-bond donors (Lipinski definition) is 1. The van der Waals surface area contributed by atoms with Gasteiger partial charge in [-0.1, -0.05) is 20.8 Å². The zero-order chi connectivity index (χ0) is 22.2. The number of hydrogen-bond acceptors (Lipinski definition) is 6. The van der Waals surface area contributed by atoms with E-state index in [1.165, 1.54) is 0 Å². The first-order chi connectivity index (χ1) is 14.7. The number of nitrogens with zero attached hydrogens (tertiary/aromatic N) is 4. The van der Waals surface area contributed by atoms with Crippen LogP contribution in [0.2, 0.25) is 18.1 Å². The molecule has 0 amide bonds. The van der Waals surface area contributed by atoms with Crippen LogP contribution in [-0.2, 0) is 11.3 Å². The Kier molecular flexibility index (Phi) is 5.89. The molecule has 1 aliphatic rings. The van der Waals surface area contributed by atoms with Crippen molar-refractivity contribution in [2.45, 2.75) is 71.0 Å². The van der Waals surface area contributed by atoms with E-state index < -0.39 is 8.32 Å². The first-order valence-corrected chi connectivity index (χ1v) is 13.9. The third-order valence-electron chi connectivity index (χ3n) is 6.37. The van der Waals surface area contributed by atoms with Gasteiger partial charge in [-0.15, -0.1) is 0 Å². The van der Waals surface area contributed by atoms with Gasteiger partial charge in [0.1, 0.15) is 17.1 Å². The summed E-state index contributed by atoms with van der Waals surface area (Å²) in [6, 6.07) is 6.16. The van der Waals surface area contributed by atoms with Crippen molar-refractivity contribution in [2.75, 3.05) is 6.61 Å². The zero-order valence-corrected chi connectivity index (χ0v) is 20.1. The fourth-order valence-corrected chi connectivity index (χ4v) is 4.58. The van der Waals surface area contributed by atoms with E-state index in [1.54, 1.807) is 12.4 Å². The van der Waals surface area contributed by atoms with Gasteiger partial charge < -0.3 is 14.3 Å². The molecule has 7 nitrogen and oxygen atoms in total. The summed E-state index contributed by atoms with van der Waals surface area (Å²) in [6.07, 6.45) is 6.30. The maximum atomic E-state index is 9.52. The van der Waals surface area contributed by atoms with Crippen LogP contribution in [-0.4, -0.2) is 39.8 Å². The van der Waals surface area contributed by atoms with Crippen molar-refractivity contribution < 1.29 is 14.3 Å². The molecule has 0 bridgehead atoms. The SMILES string of the molecule is CC(C)(C)[Si](C)(C)Oc1ccc2c(c1)c(-c1cncc(CO)n1)nn2C1CCCCO1. The second-order valence-electron chi connectivity index (χ2n) is 9.71. The van der Waals surface area contributed by atoms with Gasteiger partial charge in [0.15, 0.2) is 6.23 Å². The standard InChI is InChI=1S/C23H32N4O3Si/c1-23(2,3)31(4,5)30-17-9-10-20-18(12-17)22(19-14-24-13-16(15-28)25-19)26-27(20)21-8-6-7-11-29-21/h9-10,12-14,21,28H,6-8,11,15H2,1-5H3. The predicted molar refractivity (Wildman–Crippen MR) is 123 cm³/mol. The molecule has 0 saturated carbocycles. The lowest BCUT2D eigenvalue weighted by Gasteiger charge is -2.36. The van der Waals surface area contributed by atoms with Crippen molar-refractivity contribution in [3.8, 4) is 17.1 Å². The monoisotopic (exact) mass is 440 g/mol. The second kappa shape index (κ2) is 8.33. The van der Waals surface area contributed by atoms with E-state index in [9.17, 15) is 5.11 Å². The minimum atomic E-state index is -1.98. The Labute approximate surface area is 184 Å². The first-order valence-electron chi connectivity index (χ1n) is 10.9. The molecule has 166 valence electrons. The number of fused-ring (bicyclic) bond motifs is 1. The minimum Gasteiger partial charge on any atom is -0.543 e. The van der Waals surface area contributed by atoms with E-state index in [1.807, 2.05) is 10.7 Å². The lowest BCUT2D eigenvalue weighted by molar-refractivity contribution is -0.0365. The number of ether oxygens (including phenoxy) is 1. The van der Waals surface area contributed by atoms with Crippen LogP contribution in [0.4, 0.5) is 0 Å². The van der Waals surface area contributed by atoms with E-state index in [4.69, 9.17) is 14.3 Å². The molecule has 0 aliphatic carbocycles. The Morgan fingerprint density at radius 1 is 1.23 bits per heavy atom. The summed E-state index contributed by atoms with van der Waals surface area (Å²) in [4.78, 5) is 8.80. The Morgan fingerprint density at radius 2 is 2.03 bits per heavy atom. The van der Waals surface area contributed by atoms with Crippen molar-refractivity contribution in [2.24, 2.45) is 0 Å². The molecule has 0 spiro atoms. The van der Waals surface area contributed by atoms with Gasteiger partial charge in [-0.05, 0) is 55.6 Å². The Hall–Kier alpha value is -2.29. The lowest BCUT2D eigenvalue weighted by atomic mass is 10.1. The fraction of sp³-hybridized carbons (Fsp3) is 0.522. The Balaban J connectivity index is 1.83. The number of benzene rings is 1. The molecule has 8 heteroatoms. The van der Waals surface area contributed by atoms with Crippen LogP contribution in [0.5, 0.6) is 5.75 Å². The quantitative estimate of drug-likeness (QED) is 0.558. The van der Waals surface area contributed by atoms with Gasteiger partial charge in [0, 0.05) is 12.0 Å². The summed E-state index contributed by atoms with van der Waals surface area (Å²) < 4.78 is 14.5. The summed E-state index contributed by atoms with van der Waals surface area (Å²) >= 11 is 0. The van der Waals surface area contributed by atoms with Gasteiger partial charge in [0.05, 0.1) is 30.2 Å². The van der Waals surface area contributed by atoms with Crippen LogP contribution >= 0.6 is 0 Å². The number of aromatic nitrogens is 4. The van der Waals surface area contributed by atoms with E-state index in [0.29, 0.717) is 11.4 Å². The molecule has 1 aromatic carbocycles. The lowest BCUT2D eigenvalue weighted by Crippen LogP contribution is -2.43. The highest BCUT2D eigenvalue weighted by Crippen LogP contribution is 2.39. The van der Waals surface area contributed by atoms with Crippen LogP contribution in [0, 0.1) is 0 Å². The van der Waals surface area contributed by atoms with Gasteiger partial charge in [-0.3, -0.25) is 4.98 Å². The topological polar surface area (TPSA) is 82.3 Å². The van der Waals surface area contributed by atoms with Crippen LogP contribution in [0.15, 0.2) is 30.6 Å². The molecular weight excluding hydrogens is 408 g/mol. The second-order valence-corrected chi connectivity index (χ2v) is 14.4. The smallest absolute Gasteiger partial charge is 0.250 e. The summed E-state index contributed by atoms with van der Waals surface area (Å²) in [5.41, 5.74) is 2.87. The predicted octanol–water partition coefficient (Wildman–Crippen LogP) is 5.07. The van der Waals surface area contributed by atoms with Gasteiger partial charge >= 0.3 is 0 Å². The molecule has 3 heterocycles. The van der Waals surface area contributed by atoms with Crippen molar-refractivity contribution >= 4 is 19.2 Å². The maximum absolute atomic E-state index is 9.52. The highest BCUT2D eigenvalue weighted by molar-refractivity contribution is 6.74. The first kappa shape index (κ1) is 21.9. The summed E-state index contributed by atoms with van der Waals surface area (Å²) in [6.45, 7) is 11.8. The molecule has 1 aliphatic heterocycles. The Bertz CT molecular complexity index is 1070. The summed E-state index contributed by atoms with van der Waals surface area (Å²) in [7, 11) is -1.98. The number of aliphatic hydroxyl groups is 1. The van der Waals surface area contributed by atoms with Crippen molar-refractivity contribution in [1.82, 2.24) is 19.7 Å². The van der Waals surface area contributed by atoms with Crippen molar-refractivity contribution in [1.29, 1.82) is 0 Å². The van der Waals surface area contributed by atoms with E-state index in [2.05, 4.69) is 56.0 Å². The Morgan fingerprint density at radius 3 is 2.71 bits per heavy atom. The molecule has 0 radical (unpaired) electrons. The average Bonchev–Trinajstić information content (AvgIpc) is 3.12. The van der Waals surface area contributed by atoms with Gasteiger partial charge in [-0.2, -0.15) is 5.10 Å². The molecule has 3 aromatic rings. The van der Waals surface area contributed by atoms with Crippen LogP contribution < -0.4 is 4.43 Å². The van der Waals surface area contributed by atoms with Gasteiger partial charge in [0.25, 0.3) is 0 Å². The highest BCUT2D eigenvalue weighted by atomic mass is 28.4. The molecule has 2 aromatic heterocycles. The molecule has 1 atom stereocenters. The normalized spacial score (nSPS) is 17.8. The number of aliphatic hydroxyl groups excluding tert-OH is 1. The molecule has 31 heavy (non-hydrogen) atoms. The van der Waals surface area contributed by atoms with Gasteiger partial charge in [0.2, 0.25) is 8.32 Å². The van der Waals surface area contributed by atoms with Crippen molar-refractivity contribution in [3.05, 3.63) is 36.3 Å². The molecule has 1 unspecified atom stereocenters. The summed E-state index contributed by atoms with van der Waals surface area (Å²) in [5.74, 6) is 0.843. The summed E-state index contributed by atoms with van der Waals surface area (Å²) in [5, 5.41) is 15.5. The van der Waals surface area contributed by atoms with Crippen molar-refractivity contribution in [3.63, 3.8) is 0 Å². The maximum Gasteiger partial charge on any atom is 0.250 e. The van der Waals surface area contributed by atoms with Crippen LogP contribution in [0.25, 0.3) is 22.3 Å². The fourth-order valence-electron chi connectivity index (χ4n) is 3.55. The average molecular weight is 441 g/mol. The third kappa shape index (κ3) is 4.37. The largest absolute Gasteiger partial charge is 0.543 e.